The summed E-state index contributed by atoms with van der Waals surface area (Å²) in [6.45, 7) is 1.89. The minimum absolute atomic E-state index is 0.244. The Bertz CT molecular complexity index is 615. The third-order valence-corrected chi connectivity index (χ3v) is 6.09. The quantitative estimate of drug-likeness (QED) is 0.855. The zero-order valence-corrected chi connectivity index (χ0v) is 13.1. The Morgan fingerprint density at radius 2 is 2.00 bits per heavy atom. The SMILES string of the molecule is O=C(Cc1cn2ccsc2n1)N1CCC2(CCCC2)CC1. The van der Waals surface area contributed by atoms with E-state index >= 15 is 0 Å². The fraction of sp³-hybridized carbons (Fsp3) is 0.625. The Kier molecular flexibility index (Phi) is 3.25. The fourth-order valence-electron chi connectivity index (χ4n) is 3.98. The molecule has 1 saturated carbocycles. The van der Waals surface area contributed by atoms with Crippen LogP contribution in [-0.2, 0) is 11.2 Å². The molecule has 2 fully saturated rings. The fourth-order valence-corrected chi connectivity index (χ4v) is 4.70. The number of amides is 1. The predicted octanol–water partition coefficient (Wildman–Crippen LogP) is 3.12. The lowest BCUT2D eigenvalue weighted by molar-refractivity contribution is -0.132. The molecule has 3 heterocycles. The summed E-state index contributed by atoms with van der Waals surface area (Å²) in [6, 6.07) is 0. The van der Waals surface area contributed by atoms with Crippen LogP contribution in [0.25, 0.3) is 4.96 Å². The Balaban J connectivity index is 1.38. The summed E-state index contributed by atoms with van der Waals surface area (Å²) in [4.78, 5) is 20.0. The molecule has 0 unspecified atom stereocenters. The third kappa shape index (κ3) is 2.48. The highest BCUT2D eigenvalue weighted by Crippen LogP contribution is 2.46. The Morgan fingerprint density at radius 1 is 1.24 bits per heavy atom. The maximum atomic E-state index is 12.4. The number of aromatic nitrogens is 2. The van der Waals surface area contributed by atoms with E-state index in [2.05, 4.69) is 9.88 Å². The number of hydrogen-bond donors (Lipinski definition) is 0. The molecule has 2 aliphatic rings. The van der Waals surface area contributed by atoms with Gasteiger partial charge in [0.25, 0.3) is 0 Å². The second-order valence-corrected chi connectivity index (χ2v) is 7.46. The number of fused-ring (bicyclic) bond motifs is 1. The van der Waals surface area contributed by atoms with Crippen molar-refractivity contribution in [3.63, 3.8) is 0 Å². The average Bonchev–Trinajstić information content (AvgIpc) is 3.16. The highest BCUT2D eigenvalue weighted by atomic mass is 32.1. The monoisotopic (exact) mass is 303 g/mol. The number of hydrogen-bond acceptors (Lipinski definition) is 3. The van der Waals surface area contributed by atoms with Crippen LogP contribution in [0.15, 0.2) is 17.8 Å². The van der Waals surface area contributed by atoms with Gasteiger partial charge in [0, 0.05) is 30.9 Å². The summed E-state index contributed by atoms with van der Waals surface area (Å²) in [7, 11) is 0. The zero-order chi connectivity index (χ0) is 14.3. The average molecular weight is 303 g/mol. The summed E-state index contributed by atoms with van der Waals surface area (Å²) in [5, 5.41) is 2.01. The van der Waals surface area contributed by atoms with E-state index in [1.807, 2.05) is 22.2 Å². The van der Waals surface area contributed by atoms with Crippen molar-refractivity contribution in [2.45, 2.75) is 44.9 Å². The van der Waals surface area contributed by atoms with Crippen LogP contribution in [0.2, 0.25) is 0 Å². The number of carbonyl (C=O) groups excluding carboxylic acids is 1. The van der Waals surface area contributed by atoms with Crippen molar-refractivity contribution in [3.8, 4) is 0 Å². The number of imidazole rings is 1. The molecular weight excluding hydrogens is 282 g/mol. The first kappa shape index (κ1) is 13.3. The second-order valence-electron chi connectivity index (χ2n) is 6.59. The van der Waals surface area contributed by atoms with Gasteiger partial charge in [0.05, 0.1) is 12.1 Å². The summed E-state index contributed by atoms with van der Waals surface area (Å²) >= 11 is 1.61. The number of nitrogens with zero attached hydrogens (tertiary/aromatic N) is 3. The first-order valence-corrected chi connectivity index (χ1v) is 8.81. The van der Waals surface area contributed by atoms with Crippen LogP contribution >= 0.6 is 11.3 Å². The Morgan fingerprint density at radius 3 is 2.71 bits per heavy atom. The molecule has 1 spiro atoms. The lowest BCUT2D eigenvalue weighted by Crippen LogP contribution is -2.42. The van der Waals surface area contributed by atoms with Crippen molar-refractivity contribution < 1.29 is 4.79 Å². The van der Waals surface area contributed by atoms with E-state index in [0.29, 0.717) is 11.8 Å². The van der Waals surface area contributed by atoms with Crippen molar-refractivity contribution >= 4 is 22.2 Å². The lowest BCUT2D eigenvalue weighted by Gasteiger charge is -2.39. The van der Waals surface area contributed by atoms with E-state index in [-0.39, 0.29) is 5.91 Å². The molecule has 1 saturated heterocycles. The molecule has 0 bridgehead atoms. The van der Waals surface area contributed by atoms with Gasteiger partial charge >= 0.3 is 0 Å². The van der Waals surface area contributed by atoms with Crippen molar-refractivity contribution in [3.05, 3.63) is 23.5 Å². The Hall–Kier alpha value is -1.36. The van der Waals surface area contributed by atoms with Gasteiger partial charge in [0.15, 0.2) is 4.96 Å². The minimum atomic E-state index is 0.244. The van der Waals surface area contributed by atoms with Gasteiger partial charge in [-0.3, -0.25) is 9.20 Å². The van der Waals surface area contributed by atoms with E-state index in [1.54, 1.807) is 11.3 Å². The minimum Gasteiger partial charge on any atom is -0.342 e. The van der Waals surface area contributed by atoms with Crippen LogP contribution in [0.3, 0.4) is 0 Å². The molecule has 2 aromatic heterocycles. The van der Waals surface area contributed by atoms with Gasteiger partial charge in [-0.05, 0) is 31.1 Å². The van der Waals surface area contributed by atoms with Crippen LogP contribution in [0.5, 0.6) is 0 Å². The summed E-state index contributed by atoms with van der Waals surface area (Å²) in [5.74, 6) is 0.244. The van der Waals surface area contributed by atoms with Crippen LogP contribution in [-0.4, -0.2) is 33.3 Å². The number of piperidine rings is 1. The smallest absolute Gasteiger partial charge is 0.228 e. The molecule has 1 aliphatic heterocycles. The molecule has 4 nitrogen and oxygen atoms in total. The molecular formula is C16H21N3OS. The molecule has 1 amide bonds. The number of rotatable bonds is 2. The van der Waals surface area contributed by atoms with Crippen LogP contribution in [0.4, 0.5) is 0 Å². The van der Waals surface area contributed by atoms with Crippen LogP contribution in [0.1, 0.15) is 44.2 Å². The molecule has 21 heavy (non-hydrogen) atoms. The van der Waals surface area contributed by atoms with E-state index in [4.69, 9.17) is 0 Å². The van der Waals surface area contributed by atoms with Gasteiger partial charge in [-0.2, -0.15) is 0 Å². The third-order valence-electron chi connectivity index (χ3n) is 5.32. The van der Waals surface area contributed by atoms with Gasteiger partial charge in [-0.25, -0.2) is 4.98 Å². The molecule has 0 radical (unpaired) electrons. The van der Waals surface area contributed by atoms with E-state index in [0.717, 1.165) is 23.7 Å². The lowest BCUT2D eigenvalue weighted by atomic mass is 9.77. The van der Waals surface area contributed by atoms with Crippen LogP contribution < -0.4 is 0 Å². The summed E-state index contributed by atoms with van der Waals surface area (Å²) in [5.41, 5.74) is 1.47. The van der Waals surface area contributed by atoms with Crippen molar-refractivity contribution in [1.29, 1.82) is 0 Å². The maximum Gasteiger partial charge on any atom is 0.228 e. The standard InChI is InChI=1S/C16H21N3OS/c20-14(11-13-12-19-9-10-21-15(19)17-13)18-7-5-16(6-8-18)3-1-2-4-16/h9-10,12H,1-8,11H2. The molecule has 0 atom stereocenters. The highest BCUT2D eigenvalue weighted by Gasteiger charge is 2.37. The molecule has 4 rings (SSSR count). The van der Waals surface area contributed by atoms with Gasteiger partial charge < -0.3 is 4.90 Å². The van der Waals surface area contributed by atoms with Crippen molar-refractivity contribution in [1.82, 2.24) is 14.3 Å². The van der Waals surface area contributed by atoms with Gasteiger partial charge in [-0.15, -0.1) is 11.3 Å². The summed E-state index contributed by atoms with van der Waals surface area (Å²) in [6.07, 6.45) is 12.4. The van der Waals surface area contributed by atoms with Crippen LogP contribution in [0, 0.1) is 5.41 Å². The molecule has 1 aliphatic carbocycles. The number of thiazole rings is 1. The van der Waals surface area contributed by atoms with Crippen molar-refractivity contribution in [2.75, 3.05) is 13.1 Å². The highest BCUT2D eigenvalue weighted by molar-refractivity contribution is 7.15. The number of carbonyl (C=O) groups is 1. The first-order valence-electron chi connectivity index (χ1n) is 7.93. The predicted molar refractivity (Wildman–Crippen MR) is 83.5 cm³/mol. The Labute approximate surface area is 128 Å². The molecule has 0 N–H and O–H groups in total. The topological polar surface area (TPSA) is 37.6 Å². The van der Waals surface area contributed by atoms with Gasteiger partial charge in [-0.1, -0.05) is 12.8 Å². The zero-order valence-electron chi connectivity index (χ0n) is 12.3. The van der Waals surface area contributed by atoms with E-state index in [1.165, 1.54) is 38.5 Å². The largest absolute Gasteiger partial charge is 0.342 e. The van der Waals surface area contributed by atoms with Crippen molar-refractivity contribution in [2.24, 2.45) is 5.41 Å². The molecule has 2 aromatic rings. The normalized spacial score (nSPS) is 21.4. The molecule has 0 aromatic carbocycles. The second kappa shape index (κ2) is 5.13. The molecule has 112 valence electrons. The van der Waals surface area contributed by atoms with E-state index < -0.39 is 0 Å². The first-order chi connectivity index (χ1) is 10.2. The molecule has 5 heteroatoms. The van der Waals surface area contributed by atoms with Gasteiger partial charge in [0.1, 0.15) is 0 Å². The summed E-state index contributed by atoms with van der Waals surface area (Å²) < 4.78 is 2.00. The maximum absolute atomic E-state index is 12.4. The number of likely N-dealkylation sites (tertiary alicyclic amines) is 1. The van der Waals surface area contributed by atoms with E-state index in [9.17, 15) is 4.79 Å². The van der Waals surface area contributed by atoms with Gasteiger partial charge in [0.2, 0.25) is 5.91 Å².